The van der Waals surface area contributed by atoms with Crippen LogP contribution in [-0.4, -0.2) is 35.8 Å². The third-order valence-corrected chi connectivity index (χ3v) is 6.70. The van der Waals surface area contributed by atoms with Gasteiger partial charge in [0.05, 0.1) is 16.8 Å². The van der Waals surface area contributed by atoms with E-state index in [4.69, 9.17) is 14.5 Å². The Bertz CT molecular complexity index is 1230. The van der Waals surface area contributed by atoms with E-state index in [9.17, 15) is 4.79 Å². The highest BCUT2D eigenvalue weighted by Crippen LogP contribution is 2.40. The van der Waals surface area contributed by atoms with Crippen molar-refractivity contribution in [1.29, 1.82) is 0 Å². The Morgan fingerprint density at radius 2 is 1.82 bits per heavy atom. The smallest absolute Gasteiger partial charge is 0.260 e. The summed E-state index contributed by atoms with van der Waals surface area (Å²) in [5.74, 6) is 1.27. The highest BCUT2D eigenvalue weighted by atomic mass is 32.1. The van der Waals surface area contributed by atoms with E-state index in [-0.39, 0.29) is 12.7 Å². The average Bonchev–Trinajstić information content (AvgIpc) is 3.48. The van der Waals surface area contributed by atoms with Crippen molar-refractivity contribution in [1.82, 2.24) is 9.97 Å². The first kappa shape index (κ1) is 21.2. The van der Waals surface area contributed by atoms with Crippen LogP contribution >= 0.6 is 11.3 Å². The minimum Gasteiger partial charge on any atom is -0.454 e. The van der Waals surface area contributed by atoms with Gasteiger partial charge in [0.15, 0.2) is 16.6 Å². The Hall–Kier alpha value is -3.65. The number of rotatable bonds is 7. The van der Waals surface area contributed by atoms with Crippen LogP contribution in [0.2, 0.25) is 0 Å². The first-order valence-electron chi connectivity index (χ1n) is 10.9. The molecule has 0 aliphatic carbocycles. The zero-order valence-corrected chi connectivity index (χ0v) is 19.3. The number of nitrogens with zero attached hydrogens (tertiary/aromatic N) is 4. The fourth-order valence-corrected chi connectivity index (χ4v) is 4.85. The number of benzene rings is 2. The van der Waals surface area contributed by atoms with Crippen LogP contribution in [0.5, 0.6) is 11.5 Å². The van der Waals surface area contributed by atoms with E-state index in [1.54, 1.807) is 17.3 Å². The second-order valence-corrected chi connectivity index (χ2v) is 8.65. The Morgan fingerprint density at radius 1 is 1.06 bits per heavy atom. The van der Waals surface area contributed by atoms with Gasteiger partial charge in [0, 0.05) is 48.9 Å². The number of amides is 1. The van der Waals surface area contributed by atoms with Gasteiger partial charge in [-0.1, -0.05) is 17.4 Å². The summed E-state index contributed by atoms with van der Waals surface area (Å²) in [7, 11) is 0. The summed E-state index contributed by atoms with van der Waals surface area (Å²) < 4.78 is 11.9. The SMILES string of the molecule is CCN(CC)c1ccc(C(=O)N(Cc2cccnc2)c2nc3cc4c(cc3s2)OCO4)cc1. The molecule has 2 aromatic carbocycles. The van der Waals surface area contributed by atoms with Gasteiger partial charge >= 0.3 is 0 Å². The van der Waals surface area contributed by atoms with Crippen LogP contribution in [0.1, 0.15) is 29.8 Å². The number of thiazole rings is 1. The quantitative estimate of drug-likeness (QED) is 0.382. The lowest BCUT2D eigenvalue weighted by Crippen LogP contribution is -2.30. The molecule has 1 aliphatic heterocycles. The third-order valence-electron chi connectivity index (χ3n) is 5.65. The van der Waals surface area contributed by atoms with Gasteiger partial charge < -0.3 is 14.4 Å². The van der Waals surface area contributed by atoms with Crippen molar-refractivity contribution in [2.24, 2.45) is 0 Å². The molecule has 5 rings (SSSR count). The number of aromatic nitrogens is 2. The maximum absolute atomic E-state index is 13.7. The molecule has 4 aromatic rings. The molecule has 0 fully saturated rings. The topological polar surface area (TPSA) is 67.8 Å². The average molecular weight is 461 g/mol. The van der Waals surface area contributed by atoms with Gasteiger partial charge in [-0.25, -0.2) is 4.98 Å². The van der Waals surface area contributed by atoms with Crippen molar-refractivity contribution in [2.45, 2.75) is 20.4 Å². The molecule has 33 heavy (non-hydrogen) atoms. The number of anilines is 2. The molecule has 8 heteroatoms. The Labute approximate surface area is 196 Å². The van der Waals surface area contributed by atoms with Gasteiger partial charge in [0.25, 0.3) is 5.91 Å². The largest absolute Gasteiger partial charge is 0.454 e. The van der Waals surface area contributed by atoms with Gasteiger partial charge in [0.2, 0.25) is 6.79 Å². The third kappa shape index (κ3) is 4.21. The van der Waals surface area contributed by atoms with Crippen LogP contribution in [0.25, 0.3) is 10.2 Å². The molecule has 0 radical (unpaired) electrons. The fraction of sp³-hybridized carbons (Fsp3) is 0.240. The van der Waals surface area contributed by atoms with Crippen molar-refractivity contribution in [3.8, 4) is 11.5 Å². The molecule has 0 bridgehead atoms. The number of carbonyl (C=O) groups is 1. The van der Waals surface area contributed by atoms with Crippen molar-refractivity contribution < 1.29 is 14.3 Å². The lowest BCUT2D eigenvalue weighted by Gasteiger charge is -2.22. The Kier molecular flexibility index (Phi) is 5.83. The van der Waals surface area contributed by atoms with Crippen molar-refractivity contribution in [3.05, 3.63) is 72.1 Å². The van der Waals surface area contributed by atoms with Crippen LogP contribution in [0.4, 0.5) is 10.8 Å². The summed E-state index contributed by atoms with van der Waals surface area (Å²) in [4.78, 5) is 26.6. The molecule has 7 nitrogen and oxygen atoms in total. The molecule has 0 saturated heterocycles. The number of pyridine rings is 1. The number of fused-ring (bicyclic) bond motifs is 2. The van der Waals surface area contributed by atoms with Gasteiger partial charge in [0.1, 0.15) is 0 Å². The number of hydrogen-bond donors (Lipinski definition) is 0. The minimum atomic E-state index is -0.107. The zero-order chi connectivity index (χ0) is 22.8. The van der Waals surface area contributed by atoms with Crippen molar-refractivity contribution in [2.75, 3.05) is 29.7 Å². The van der Waals surface area contributed by atoms with Crippen LogP contribution < -0.4 is 19.3 Å². The Morgan fingerprint density at radius 3 is 2.52 bits per heavy atom. The predicted molar refractivity (Wildman–Crippen MR) is 130 cm³/mol. The monoisotopic (exact) mass is 460 g/mol. The van der Waals surface area contributed by atoms with Gasteiger partial charge in [-0.15, -0.1) is 0 Å². The molecule has 3 heterocycles. The standard InChI is InChI=1S/C25H24N4O3S/c1-3-28(4-2)19-9-7-18(8-10-19)24(30)29(15-17-6-5-11-26-14-17)25-27-20-12-21-22(32-16-31-21)13-23(20)33-25/h5-14H,3-4,15-16H2,1-2H3. The van der Waals surface area contributed by atoms with Gasteiger partial charge in [-0.2, -0.15) is 0 Å². The number of carbonyl (C=O) groups excluding carboxylic acids is 1. The van der Waals surface area contributed by atoms with E-state index in [0.717, 1.165) is 34.6 Å². The summed E-state index contributed by atoms with van der Waals surface area (Å²) in [6.07, 6.45) is 3.49. The summed E-state index contributed by atoms with van der Waals surface area (Å²) in [6, 6.07) is 15.4. The van der Waals surface area contributed by atoms with Crippen molar-refractivity contribution >= 4 is 38.3 Å². The van der Waals surface area contributed by atoms with E-state index in [1.807, 2.05) is 48.5 Å². The minimum absolute atomic E-state index is 0.107. The molecule has 0 N–H and O–H groups in total. The van der Waals surface area contributed by atoms with Gasteiger partial charge in [-0.05, 0) is 49.7 Å². The maximum Gasteiger partial charge on any atom is 0.260 e. The fourth-order valence-electron chi connectivity index (χ4n) is 3.88. The first-order valence-corrected chi connectivity index (χ1v) is 11.7. The maximum atomic E-state index is 13.7. The van der Waals surface area contributed by atoms with Crippen LogP contribution in [0, 0.1) is 0 Å². The molecule has 0 atom stereocenters. The summed E-state index contributed by atoms with van der Waals surface area (Å²) >= 11 is 1.46. The molecular formula is C25H24N4O3S. The zero-order valence-electron chi connectivity index (χ0n) is 18.5. The van der Waals surface area contributed by atoms with Gasteiger partial charge in [-0.3, -0.25) is 14.7 Å². The van der Waals surface area contributed by atoms with E-state index < -0.39 is 0 Å². The highest BCUT2D eigenvalue weighted by molar-refractivity contribution is 7.22. The summed E-state index contributed by atoms with van der Waals surface area (Å²) in [6.45, 7) is 6.67. The normalized spacial score (nSPS) is 12.2. The molecule has 1 amide bonds. The van der Waals surface area contributed by atoms with Crippen molar-refractivity contribution in [3.63, 3.8) is 0 Å². The van der Waals surface area contributed by atoms with E-state index in [0.29, 0.717) is 28.7 Å². The molecular weight excluding hydrogens is 436 g/mol. The highest BCUT2D eigenvalue weighted by Gasteiger charge is 2.24. The Balaban J connectivity index is 1.50. The predicted octanol–water partition coefficient (Wildman–Crippen LogP) is 5.11. The summed E-state index contributed by atoms with van der Waals surface area (Å²) in [5.41, 5.74) is 3.42. The van der Waals surface area contributed by atoms with E-state index in [1.165, 1.54) is 11.3 Å². The summed E-state index contributed by atoms with van der Waals surface area (Å²) in [5, 5.41) is 0.621. The van der Waals surface area contributed by atoms with Crippen LogP contribution in [0.3, 0.4) is 0 Å². The molecule has 0 unspecified atom stereocenters. The number of ether oxygens (including phenoxy) is 2. The molecule has 1 aliphatic rings. The van der Waals surface area contributed by atoms with E-state index in [2.05, 4.69) is 23.7 Å². The van der Waals surface area contributed by atoms with E-state index >= 15 is 0 Å². The molecule has 0 spiro atoms. The number of hydrogen-bond acceptors (Lipinski definition) is 7. The van der Waals surface area contributed by atoms with Crippen LogP contribution in [0.15, 0.2) is 60.9 Å². The molecule has 2 aromatic heterocycles. The van der Waals surface area contributed by atoms with Crippen LogP contribution in [-0.2, 0) is 6.54 Å². The first-order chi connectivity index (χ1) is 16.2. The second-order valence-electron chi connectivity index (χ2n) is 7.64. The molecule has 0 saturated carbocycles. The lowest BCUT2D eigenvalue weighted by atomic mass is 10.1. The second kappa shape index (κ2) is 9.07. The molecule has 168 valence electrons. The lowest BCUT2D eigenvalue weighted by molar-refractivity contribution is 0.0985.